The molecule has 0 amide bonds. The first-order chi connectivity index (χ1) is 8.65. The van der Waals surface area contributed by atoms with E-state index in [0.29, 0.717) is 12.5 Å². The summed E-state index contributed by atoms with van der Waals surface area (Å²) in [6, 6.07) is 16.8. The van der Waals surface area contributed by atoms with Gasteiger partial charge in [-0.05, 0) is 36.1 Å². The molecule has 0 saturated carbocycles. The van der Waals surface area contributed by atoms with E-state index in [2.05, 4.69) is 57.2 Å². The van der Waals surface area contributed by atoms with E-state index in [1.54, 1.807) is 0 Å². The minimum Gasteiger partial charge on any atom is -0.489 e. The van der Waals surface area contributed by atoms with Crippen molar-refractivity contribution in [3.8, 4) is 5.75 Å². The van der Waals surface area contributed by atoms with Gasteiger partial charge in [-0.3, -0.25) is 0 Å². The maximum Gasteiger partial charge on any atom is 0.119 e. The van der Waals surface area contributed by atoms with E-state index in [1.165, 1.54) is 16.7 Å². The fraction of sp³-hybridized carbons (Fsp3) is 0.294. The summed E-state index contributed by atoms with van der Waals surface area (Å²) >= 11 is 0. The van der Waals surface area contributed by atoms with E-state index < -0.39 is 0 Å². The van der Waals surface area contributed by atoms with Crippen LogP contribution in [0.3, 0.4) is 0 Å². The number of rotatable bonds is 4. The molecule has 2 rings (SSSR count). The molecule has 0 bridgehead atoms. The first-order valence-corrected chi connectivity index (χ1v) is 6.43. The van der Waals surface area contributed by atoms with Crippen molar-refractivity contribution in [1.82, 2.24) is 0 Å². The van der Waals surface area contributed by atoms with E-state index in [1.807, 2.05) is 12.1 Å². The summed E-state index contributed by atoms with van der Waals surface area (Å²) < 4.78 is 5.78. The maximum absolute atomic E-state index is 5.78. The van der Waals surface area contributed by atoms with Gasteiger partial charge in [0.25, 0.3) is 0 Å². The van der Waals surface area contributed by atoms with Crippen molar-refractivity contribution in [1.29, 1.82) is 0 Å². The Hall–Kier alpha value is -1.76. The average molecular weight is 240 g/mol. The minimum atomic E-state index is 0.560. The van der Waals surface area contributed by atoms with Gasteiger partial charge in [-0.1, -0.05) is 55.8 Å². The number of aryl methyl sites for hydroxylation is 1. The van der Waals surface area contributed by atoms with Gasteiger partial charge in [0.2, 0.25) is 0 Å². The molecular formula is C17H20O. The zero-order valence-electron chi connectivity index (χ0n) is 11.3. The highest BCUT2D eigenvalue weighted by atomic mass is 16.5. The molecule has 0 N–H and O–H groups in total. The number of hydrogen-bond acceptors (Lipinski definition) is 1. The van der Waals surface area contributed by atoms with Crippen LogP contribution in [0, 0.1) is 6.92 Å². The minimum absolute atomic E-state index is 0.560. The quantitative estimate of drug-likeness (QED) is 0.752. The summed E-state index contributed by atoms with van der Waals surface area (Å²) in [6.07, 6.45) is 0. The van der Waals surface area contributed by atoms with Crippen LogP contribution in [0.5, 0.6) is 5.75 Å². The van der Waals surface area contributed by atoms with Gasteiger partial charge >= 0.3 is 0 Å². The molecule has 18 heavy (non-hydrogen) atoms. The summed E-state index contributed by atoms with van der Waals surface area (Å²) in [6.45, 7) is 7.12. The van der Waals surface area contributed by atoms with Crippen LogP contribution < -0.4 is 4.74 Å². The highest BCUT2D eigenvalue weighted by molar-refractivity contribution is 5.28. The summed E-state index contributed by atoms with van der Waals surface area (Å²) in [5.41, 5.74) is 3.84. The first kappa shape index (κ1) is 12.7. The fourth-order valence-corrected chi connectivity index (χ4v) is 1.84. The molecule has 0 aliphatic carbocycles. The van der Waals surface area contributed by atoms with Crippen molar-refractivity contribution in [2.24, 2.45) is 0 Å². The van der Waals surface area contributed by atoms with Crippen molar-refractivity contribution in [2.75, 3.05) is 0 Å². The van der Waals surface area contributed by atoms with Crippen LogP contribution in [-0.4, -0.2) is 0 Å². The van der Waals surface area contributed by atoms with Crippen LogP contribution in [-0.2, 0) is 6.61 Å². The second kappa shape index (κ2) is 5.72. The molecule has 94 valence electrons. The summed E-state index contributed by atoms with van der Waals surface area (Å²) in [4.78, 5) is 0. The average Bonchev–Trinajstić information content (AvgIpc) is 2.38. The van der Waals surface area contributed by atoms with Crippen LogP contribution in [0.1, 0.15) is 36.5 Å². The molecule has 0 heterocycles. The standard InChI is InChI=1S/C17H20O/c1-13(2)16-6-4-5-15(11-16)12-18-17-9-7-14(3)8-10-17/h4-11,13H,12H2,1-3H3. The predicted octanol–water partition coefficient (Wildman–Crippen LogP) is 4.70. The third-order valence-corrected chi connectivity index (χ3v) is 3.04. The van der Waals surface area contributed by atoms with Crippen molar-refractivity contribution in [3.05, 3.63) is 65.2 Å². The molecule has 0 aliphatic rings. The predicted molar refractivity (Wildman–Crippen MR) is 76.0 cm³/mol. The van der Waals surface area contributed by atoms with Gasteiger partial charge in [0.1, 0.15) is 12.4 Å². The highest BCUT2D eigenvalue weighted by Gasteiger charge is 2.01. The van der Waals surface area contributed by atoms with Crippen molar-refractivity contribution >= 4 is 0 Å². The zero-order chi connectivity index (χ0) is 13.0. The molecule has 2 aromatic carbocycles. The normalized spacial score (nSPS) is 10.7. The Kier molecular flexibility index (Phi) is 4.03. The number of hydrogen-bond donors (Lipinski definition) is 0. The molecule has 0 aliphatic heterocycles. The van der Waals surface area contributed by atoms with Crippen molar-refractivity contribution < 1.29 is 4.74 Å². The molecule has 0 radical (unpaired) electrons. The Balaban J connectivity index is 2.01. The second-order valence-corrected chi connectivity index (χ2v) is 5.00. The Morgan fingerprint density at radius 1 is 1.00 bits per heavy atom. The van der Waals surface area contributed by atoms with Crippen LogP contribution in [0.4, 0.5) is 0 Å². The topological polar surface area (TPSA) is 9.23 Å². The Labute approximate surface area is 109 Å². The SMILES string of the molecule is Cc1ccc(OCc2cccc(C(C)C)c2)cc1. The van der Waals surface area contributed by atoms with Crippen LogP contribution in [0.15, 0.2) is 48.5 Å². The van der Waals surface area contributed by atoms with Crippen molar-refractivity contribution in [3.63, 3.8) is 0 Å². The fourth-order valence-electron chi connectivity index (χ4n) is 1.84. The summed E-state index contributed by atoms with van der Waals surface area (Å²) in [5, 5.41) is 0. The van der Waals surface area contributed by atoms with Gasteiger partial charge in [0.15, 0.2) is 0 Å². The van der Waals surface area contributed by atoms with Crippen LogP contribution >= 0.6 is 0 Å². The van der Waals surface area contributed by atoms with E-state index in [0.717, 1.165) is 5.75 Å². The van der Waals surface area contributed by atoms with Gasteiger partial charge < -0.3 is 4.74 Å². The Bertz CT molecular complexity index is 497. The molecule has 2 aromatic rings. The van der Waals surface area contributed by atoms with Gasteiger partial charge in [-0.15, -0.1) is 0 Å². The van der Waals surface area contributed by atoms with E-state index in [-0.39, 0.29) is 0 Å². The second-order valence-electron chi connectivity index (χ2n) is 5.00. The molecule has 0 aromatic heterocycles. The van der Waals surface area contributed by atoms with Gasteiger partial charge in [0.05, 0.1) is 0 Å². The summed E-state index contributed by atoms with van der Waals surface area (Å²) in [5.74, 6) is 1.49. The van der Waals surface area contributed by atoms with E-state index >= 15 is 0 Å². The van der Waals surface area contributed by atoms with Gasteiger partial charge in [-0.2, -0.15) is 0 Å². The molecular weight excluding hydrogens is 220 g/mol. The lowest BCUT2D eigenvalue weighted by Crippen LogP contribution is -1.97. The lowest BCUT2D eigenvalue weighted by atomic mass is 10.0. The van der Waals surface area contributed by atoms with Gasteiger partial charge in [-0.25, -0.2) is 0 Å². The molecule has 0 fully saturated rings. The number of ether oxygens (including phenoxy) is 1. The summed E-state index contributed by atoms with van der Waals surface area (Å²) in [7, 11) is 0. The molecule has 1 heteroatoms. The largest absolute Gasteiger partial charge is 0.489 e. The highest BCUT2D eigenvalue weighted by Crippen LogP contribution is 2.18. The molecule has 0 atom stereocenters. The van der Waals surface area contributed by atoms with E-state index in [4.69, 9.17) is 4.74 Å². The maximum atomic E-state index is 5.78. The molecule has 1 nitrogen and oxygen atoms in total. The van der Waals surface area contributed by atoms with E-state index in [9.17, 15) is 0 Å². The van der Waals surface area contributed by atoms with Crippen LogP contribution in [0.2, 0.25) is 0 Å². The smallest absolute Gasteiger partial charge is 0.119 e. The lowest BCUT2D eigenvalue weighted by molar-refractivity contribution is 0.306. The third kappa shape index (κ3) is 3.36. The number of benzene rings is 2. The molecule has 0 unspecified atom stereocenters. The first-order valence-electron chi connectivity index (χ1n) is 6.43. The van der Waals surface area contributed by atoms with Gasteiger partial charge in [0, 0.05) is 0 Å². The Morgan fingerprint density at radius 3 is 2.39 bits per heavy atom. The third-order valence-electron chi connectivity index (χ3n) is 3.04. The van der Waals surface area contributed by atoms with Crippen LogP contribution in [0.25, 0.3) is 0 Å². The molecule has 0 saturated heterocycles. The monoisotopic (exact) mass is 240 g/mol. The Morgan fingerprint density at radius 2 is 1.72 bits per heavy atom. The zero-order valence-corrected chi connectivity index (χ0v) is 11.3. The van der Waals surface area contributed by atoms with Crippen molar-refractivity contribution in [2.45, 2.75) is 33.3 Å². The lowest BCUT2D eigenvalue weighted by Gasteiger charge is -2.10. The molecule has 0 spiro atoms.